The lowest BCUT2D eigenvalue weighted by atomic mass is 10.0. The molecule has 1 heterocycles. The Morgan fingerprint density at radius 3 is 3.00 bits per heavy atom. The Morgan fingerprint density at radius 2 is 2.33 bits per heavy atom. The summed E-state index contributed by atoms with van der Waals surface area (Å²) in [6.07, 6.45) is 2.09. The number of piperidine rings is 1. The molecule has 2 rings (SSSR count). The van der Waals surface area contributed by atoms with Crippen LogP contribution in [-0.4, -0.2) is 37.0 Å². The summed E-state index contributed by atoms with van der Waals surface area (Å²) < 4.78 is 13.5. The zero-order valence-corrected chi connectivity index (χ0v) is 11.8. The van der Waals surface area contributed by atoms with E-state index in [1.54, 1.807) is 6.07 Å². The van der Waals surface area contributed by atoms with Crippen LogP contribution in [0.25, 0.3) is 0 Å². The van der Waals surface area contributed by atoms with Crippen LogP contribution in [0.1, 0.15) is 23.2 Å². The fraction of sp³-hybridized carbons (Fsp3) is 0.462. The summed E-state index contributed by atoms with van der Waals surface area (Å²) in [6, 6.07) is 4.75. The highest BCUT2D eigenvalue weighted by atomic mass is 79.9. The molecule has 1 atom stereocenters. The van der Waals surface area contributed by atoms with E-state index in [1.807, 2.05) is 11.9 Å². The number of hydrogen-bond donors (Lipinski definition) is 1. The van der Waals surface area contributed by atoms with E-state index in [1.165, 1.54) is 12.1 Å². The number of rotatable bonds is 2. The Kier molecular flexibility index (Phi) is 4.35. The Bertz CT molecular complexity index is 453. The molecule has 0 spiro atoms. The van der Waals surface area contributed by atoms with Crippen LogP contribution in [0.4, 0.5) is 4.39 Å². The number of amides is 1. The van der Waals surface area contributed by atoms with Gasteiger partial charge in [0, 0.05) is 24.7 Å². The Hall–Kier alpha value is -0.940. The van der Waals surface area contributed by atoms with Crippen molar-refractivity contribution in [1.29, 1.82) is 0 Å². The van der Waals surface area contributed by atoms with Crippen molar-refractivity contribution in [1.82, 2.24) is 10.2 Å². The Labute approximate surface area is 114 Å². The maximum atomic E-state index is 13.1. The highest BCUT2D eigenvalue weighted by Crippen LogP contribution is 2.19. The average molecular weight is 315 g/mol. The van der Waals surface area contributed by atoms with Gasteiger partial charge in [-0.2, -0.15) is 0 Å². The van der Waals surface area contributed by atoms with E-state index < -0.39 is 0 Å². The Balaban J connectivity index is 2.12. The smallest absolute Gasteiger partial charge is 0.253 e. The summed E-state index contributed by atoms with van der Waals surface area (Å²) in [4.78, 5) is 14.1. The fourth-order valence-corrected chi connectivity index (χ4v) is 2.59. The van der Waals surface area contributed by atoms with Gasteiger partial charge in [0.1, 0.15) is 5.82 Å². The molecule has 0 bridgehead atoms. The van der Waals surface area contributed by atoms with Crippen LogP contribution in [0.15, 0.2) is 22.7 Å². The predicted molar refractivity (Wildman–Crippen MR) is 72.1 cm³/mol. The number of halogens is 2. The van der Waals surface area contributed by atoms with Gasteiger partial charge in [0.25, 0.3) is 5.91 Å². The minimum Gasteiger partial charge on any atom is -0.337 e. The third kappa shape index (κ3) is 2.90. The van der Waals surface area contributed by atoms with Gasteiger partial charge >= 0.3 is 0 Å². The zero-order chi connectivity index (χ0) is 13.1. The summed E-state index contributed by atoms with van der Waals surface area (Å²) in [7, 11) is 1.91. The van der Waals surface area contributed by atoms with E-state index in [0.29, 0.717) is 22.6 Å². The first-order chi connectivity index (χ1) is 8.61. The first kappa shape index (κ1) is 13.5. The second kappa shape index (κ2) is 5.80. The molecule has 1 aromatic rings. The molecular formula is C13H16BrFN2O. The molecule has 1 saturated heterocycles. The molecule has 0 unspecified atom stereocenters. The topological polar surface area (TPSA) is 32.3 Å². The van der Waals surface area contributed by atoms with E-state index in [0.717, 1.165) is 19.4 Å². The van der Waals surface area contributed by atoms with Crippen LogP contribution < -0.4 is 5.32 Å². The summed E-state index contributed by atoms with van der Waals surface area (Å²) >= 11 is 3.11. The lowest BCUT2D eigenvalue weighted by Crippen LogP contribution is -2.46. The minimum atomic E-state index is -0.349. The lowest BCUT2D eigenvalue weighted by Gasteiger charge is -2.32. The molecule has 1 aromatic carbocycles. The third-order valence-corrected chi connectivity index (χ3v) is 3.89. The first-order valence-corrected chi connectivity index (χ1v) is 6.82. The van der Waals surface area contributed by atoms with Crippen molar-refractivity contribution in [3.63, 3.8) is 0 Å². The maximum absolute atomic E-state index is 13.1. The largest absolute Gasteiger partial charge is 0.337 e. The molecule has 1 aliphatic heterocycles. The van der Waals surface area contributed by atoms with Crippen molar-refractivity contribution in [2.24, 2.45) is 0 Å². The molecule has 1 aliphatic rings. The molecule has 5 heteroatoms. The van der Waals surface area contributed by atoms with E-state index in [9.17, 15) is 9.18 Å². The average Bonchev–Trinajstić information content (AvgIpc) is 2.41. The number of carbonyl (C=O) groups excluding carboxylic acids is 1. The number of benzene rings is 1. The monoisotopic (exact) mass is 314 g/mol. The number of nitrogens with zero attached hydrogens (tertiary/aromatic N) is 1. The van der Waals surface area contributed by atoms with E-state index in [2.05, 4.69) is 21.2 Å². The van der Waals surface area contributed by atoms with Crippen LogP contribution in [0.5, 0.6) is 0 Å². The summed E-state index contributed by atoms with van der Waals surface area (Å²) in [6.45, 7) is 1.48. The number of nitrogens with one attached hydrogen (secondary N) is 1. The molecule has 3 nitrogen and oxygen atoms in total. The normalized spacial score (nSPS) is 19.9. The van der Waals surface area contributed by atoms with Gasteiger partial charge < -0.3 is 10.2 Å². The van der Waals surface area contributed by atoms with E-state index in [4.69, 9.17) is 0 Å². The number of hydrogen-bond acceptors (Lipinski definition) is 2. The molecule has 18 heavy (non-hydrogen) atoms. The summed E-state index contributed by atoms with van der Waals surface area (Å²) in [5.41, 5.74) is 0.528. The number of carbonyl (C=O) groups is 1. The highest BCUT2D eigenvalue weighted by Gasteiger charge is 2.23. The van der Waals surface area contributed by atoms with Gasteiger partial charge in [0.2, 0.25) is 0 Å². The SMILES string of the molecule is CN[C@H]1CCCN(C(=O)c2ccc(F)c(Br)c2)C1. The molecular weight excluding hydrogens is 299 g/mol. The van der Waals surface area contributed by atoms with Crippen LogP contribution in [-0.2, 0) is 0 Å². The maximum Gasteiger partial charge on any atom is 0.253 e. The molecule has 0 aliphatic carbocycles. The molecule has 1 amide bonds. The third-order valence-electron chi connectivity index (χ3n) is 3.28. The first-order valence-electron chi connectivity index (χ1n) is 6.03. The number of likely N-dealkylation sites (tertiary alicyclic amines) is 1. The van der Waals surface area contributed by atoms with Crippen molar-refractivity contribution >= 4 is 21.8 Å². The zero-order valence-electron chi connectivity index (χ0n) is 10.2. The van der Waals surface area contributed by atoms with Gasteiger partial charge in [-0.1, -0.05) is 0 Å². The second-order valence-corrected chi connectivity index (χ2v) is 5.36. The van der Waals surface area contributed by atoms with Crippen LogP contribution in [0.3, 0.4) is 0 Å². The van der Waals surface area contributed by atoms with Crippen LogP contribution >= 0.6 is 15.9 Å². The van der Waals surface area contributed by atoms with Gasteiger partial charge in [-0.3, -0.25) is 4.79 Å². The molecule has 0 saturated carbocycles. The van der Waals surface area contributed by atoms with E-state index in [-0.39, 0.29) is 11.7 Å². The lowest BCUT2D eigenvalue weighted by molar-refractivity contribution is 0.0698. The number of likely N-dealkylation sites (N-methyl/N-ethyl adjacent to an activating group) is 1. The van der Waals surface area contributed by atoms with Crippen molar-refractivity contribution in [3.8, 4) is 0 Å². The van der Waals surface area contributed by atoms with Gasteiger partial charge in [-0.05, 0) is 54.0 Å². The van der Waals surface area contributed by atoms with Crippen molar-refractivity contribution in [2.75, 3.05) is 20.1 Å². The minimum absolute atomic E-state index is 0.0318. The van der Waals surface area contributed by atoms with Gasteiger partial charge in [0.05, 0.1) is 4.47 Å². The molecule has 98 valence electrons. The summed E-state index contributed by atoms with van der Waals surface area (Å²) in [5.74, 6) is -0.381. The van der Waals surface area contributed by atoms with Gasteiger partial charge in [-0.25, -0.2) is 4.39 Å². The highest BCUT2D eigenvalue weighted by molar-refractivity contribution is 9.10. The quantitative estimate of drug-likeness (QED) is 0.909. The van der Waals surface area contributed by atoms with Gasteiger partial charge in [0.15, 0.2) is 0 Å². The second-order valence-electron chi connectivity index (χ2n) is 4.51. The molecule has 0 aromatic heterocycles. The molecule has 1 N–H and O–H groups in total. The predicted octanol–water partition coefficient (Wildman–Crippen LogP) is 2.41. The van der Waals surface area contributed by atoms with Crippen LogP contribution in [0.2, 0.25) is 0 Å². The van der Waals surface area contributed by atoms with Crippen molar-refractivity contribution in [3.05, 3.63) is 34.1 Å². The fourth-order valence-electron chi connectivity index (χ4n) is 2.21. The van der Waals surface area contributed by atoms with Crippen LogP contribution in [0, 0.1) is 5.82 Å². The standard InChI is InChI=1S/C13H16BrFN2O/c1-16-10-3-2-6-17(8-10)13(18)9-4-5-12(15)11(14)7-9/h4-5,7,10,16H,2-3,6,8H2,1H3/t10-/m0/s1. The molecule has 0 radical (unpaired) electrons. The van der Waals surface area contributed by atoms with E-state index >= 15 is 0 Å². The summed E-state index contributed by atoms with van der Waals surface area (Å²) in [5, 5.41) is 3.20. The van der Waals surface area contributed by atoms with Gasteiger partial charge in [-0.15, -0.1) is 0 Å². The van der Waals surface area contributed by atoms with Crippen molar-refractivity contribution < 1.29 is 9.18 Å². The van der Waals surface area contributed by atoms with Crippen molar-refractivity contribution in [2.45, 2.75) is 18.9 Å². The molecule has 1 fully saturated rings. The Morgan fingerprint density at radius 1 is 1.56 bits per heavy atom.